The largest absolute Gasteiger partial charge is 0.381 e. The summed E-state index contributed by atoms with van der Waals surface area (Å²) in [6, 6.07) is 8.19. The van der Waals surface area contributed by atoms with Gasteiger partial charge in [0, 0.05) is 24.6 Å². The molecule has 0 unspecified atom stereocenters. The van der Waals surface area contributed by atoms with Crippen molar-refractivity contribution in [2.45, 2.75) is 18.9 Å². The van der Waals surface area contributed by atoms with Crippen molar-refractivity contribution in [3.63, 3.8) is 0 Å². The molecule has 1 fully saturated rings. The van der Waals surface area contributed by atoms with Gasteiger partial charge in [0.2, 0.25) is 0 Å². The lowest BCUT2D eigenvalue weighted by molar-refractivity contribution is 0.0708. The Kier molecular flexibility index (Phi) is 3.10. The second-order valence-corrected chi connectivity index (χ2v) is 4.91. The van der Waals surface area contributed by atoms with Crippen molar-refractivity contribution in [3.05, 3.63) is 35.0 Å². The van der Waals surface area contributed by atoms with Crippen molar-refractivity contribution < 1.29 is 9.53 Å². The van der Waals surface area contributed by atoms with E-state index in [9.17, 15) is 4.79 Å². The molecule has 2 aromatic rings. The van der Waals surface area contributed by atoms with Crippen LogP contribution >= 0.6 is 11.6 Å². The number of aromatic nitrogens is 1. The van der Waals surface area contributed by atoms with Crippen LogP contribution in [0.15, 0.2) is 24.3 Å². The lowest BCUT2D eigenvalue weighted by Gasteiger charge is -2.25. The summed E-state index contributed by atoms with van der Waals surface area (Å²) in [4.78, 5) is 11.2. The molecule has 4 heteroatoms. The summed E-state index contributed by atoms with van der Waals surface area (Å²) in [7, 11) is 0. The average Bonchev–Trinajstić information content (AvgIpc) is 2.71. The average molecular weight is 264 g/mol. The van der Waals surface area contributed by atoms with Crippen molar-refractivity contribution >= 4 is 28.8 Å². The monoisotopic (exact) mass is 263 g/mol. The minimum absolute atomic E-state index is 0.324. The van der Waals surface area contributed by atoms with Crippen LogP contribution in [0.2, 0.25) is 5.15 Å². The zero-order chi connectivity index (χ0) is 12.5. The number of carbonyl (C=O) groups is 1. The van der Waals surface area contributed by atoms with Crippen molar-refractivity contribution in [1.29, 1.82) is 0 Å². The van der Waals surface area contributed by atoms with E-state index < -0.39 is 0 Å². The first-order valence-electron chi connectivity index (χ1n) is 6.14. The van der Waals surface area contributed by atoms with E-state index in [1.54, 1.807) is 0 Å². The molecule has 1 aromatic carbocycles. The van der Waals surface area contributed by atoms with Crippen LogP contribution in [-0.2, 0) is 4.74 Å². The highest BCUT2D eigenvalue weighted by Crippen LogP contribution is 2.35. The number of hydrogen-bond acceptors (Lipinski definition) is 2. The van der Waals surface area contributed by atoms with E-state index in [0.717, 1.165) is 43.2 Å². The van der Waals surface area contributed by atoms with Gasteiger partial charge in [-0.25, -0.2) is 0 Å². The van der Waals surface area contributed by atoms with Gasteiger partial charge >= 0.3 is 0 Å². The van der Waals surface area contributed by atoms with Gasteiger partial charge in [0.1, 0.15) is 5.15 Å². The maximum atomic E-state index is 11.2. The second-order valence-electron chi connectivity index (χ2n) is 4.55. The van der Waals surface area contributed by atoms with Crippen LogP contribution in [0.3, 0.4) is 0 Å². The van der Waals surface area contributed by atoms with E-state index in [2.05, 4.69) is 4.57 Å². The van der Waals surface area contributed by atoms with Crippen LogP contribution < -0.4 is 0 Å². The Labute approximate surface area is 110 Å². The zero-order valence-corrected chi connectivity index (χ0v) is 10.7. The molecule has 2 heterocycles. The Balaban J connectivity index is 2.21. The lowest BCUT2D eigenvalue weighted by Crippen LogP contribution is -2.19. The van der Waals surface area contributed by atoms with Gasteiger partial charge in [0.05, 0.1) is 11.1 Å². The molecule has 3 nitrogen and oxygen atoms in total. The van der Waals surface area contributed by atoms with Gasteiger partial charge in [-0.15, -0.1) is 0 Å². The minimum atomic E-state index is 0.324. The second kappa shape index (κ2) is 4.75. The summed E-state index contributed by atoms with van der Waals surface area (Å²) < 4.78 is 7.47. The molecule has 0 bridgehead atoms. The lowest BCUT2D eigenvalue weighted by atomic mass is 10.1. The first-order valence-corrected chi connectivity index (χ1v) is 6.52. The van der Waals surface area contributed by atoms with E-state index in [1.807, 2.05) is 24.3 Å². The Hall–Kier alpha value is -1.32. The summed E-state index contributed by atoms with van der Waals surface area (Å²) in [5.41, 5.74) is 1.63. The standard InChI is InChI=1S/C14H14ClNO2/c15-14-12(9-17)11-3-1-2-4-13(11)16(14)10-5-7-18-8-6-10/h1-4,9-10H,5-8H2. The predicted octanol–water partition coefficient (Wildman–Crippen LogP) is 3.46. The fourth-order valence-electron chi connectivity index (χ4n) is 2.67. The molecule has 0 radical (unpaired) electrons. The quantitative estimate of drug-likeness (QED) is 0.777. The van der Waals surface area contributed by atoms with Crippen LogP contribution in [0.4, 0.5) is 0 Å². The summed E-state index contributed by atoms with van der Waals surface area (Å²) in [6.45, 7) is 1.51. The third kappa shape index (κ3) is 1.74. The Morgan fingerprint density at radius 2 is 2.00 bits per heavy atom. The molecule has 94 valence electrons. The summed E-state index contributed by atoms with van der Waals surface area (Å²) in [5, 5.41) is 1.49. The molecule has 18 heavy (non-hydrogen) atoms. The molecule has 0 aliphatic carbocycles. The molecule has 0 spiro atoms. The first kappa shape index (κ1) is 11.8. The Morgan fingerprint density at radius 1 is 1.28 bits per heavy atom. The van der Waals surface area contributed by atoms with E-state index in [-0.39, 0.29) is 0 Å². The van der Waals surface area contributed by atoms with Crippen LogP contribution in [0.5, 0.6) is 0 Å². The first-order chi connectivity index (χ1) is 8.83. The van der Waals surface area contributed by atoms with Gasteiger partial charge in [0.15, 0.2) is 6.29 Å². The van der Waals surface area contributed by atoms with Crippen molar-refractivity contribution in [1.82, 2.24) is 4.57 Å². The van der Waals surface area contributed by atoms with Crippen molar-refractivity contribution in [3.8, 4) is 0 Å². The highest BCUT2D eigenvalue weighted by atomic mass is 35.5. The molecular formula is C14H14ClNO2. The number of nitrogens with zero attached hydrogens (tertiary/aromatic N) is 1. The fourth-order valence-corrected chi connectivity index (χ4v) is 3.05. The van der Waals surface area contributed by atoms with Gasteiger partial charge in [-0.2, -0.15) is 0 Å². The van der Waals surface area contributed by atoms with Gasteiger partial charge in [0.25, 0.3) is 0 Å². The molecule has 0 atom stereocenters. The number of benzene rings is 1. The van der Waals surface area contributed by atoms with Crippen LogP contribution in [0.1, 0.15) is 29.2 Å². The van der Waals surface area contributed by atoms with Gasteiger partial charge < -0.3 is 9.30 Å². The number of hydrogen-bond donors (Lipinski definition) is 0. The van der Waals surface area contributed by atoms with Crippen molar-refractivity contribution in [2.75, 3.05) is 13.2 Å². The number of aldehydes is 1. The topological polar surface area (TPSA) is 31.2 Å². The van der Waals surface area contributed by atoms with Gasteiger partial charge in [-0.1, -0.05) is 29.8 Å². The van der Waals surface area contributed by atoms with E-state index in [4.69, 9.17) is 16.3 Å². The van der Waals surface area contributed by atoms with Crippen LogP contribution in [0.25, 0.3) is 10.9 Å². The predicted molar refractivity (Wildman–Crippen MR) is 71.4 cm³/mol. The Morgan fingerprint density at radius 3 is 2.72 bits per heavy atom. The maximum absolute atomic E-state index is 11.2. The van der Waals surface area contributed by atoms with E-state index >= 15 is 0 Å². The highest BCUT2D eigenvalue weighted by Gasteiger charge is 2.23. The van der Waals surface area contributed by atoms with Gasteiger partial charge in [-0.05, 0) is 18.9 Å². The fraction of sp³-hybridized carbons (Fsp3) is 0.357. The molecule has 1 saturated heterocycles. The minimum Gasteiger partial charge on any atom is -0.381 e. The number of rotatable bonds is 2. The Bertz CT molecular complexity index is 585. The summed E-state index contributed by atoms with van der Waals surface area (Å²) in [5.74, 6) is 0. The smallest absolute Gasteiger partial charge is 0.153 e. The zero-order valence-electron chi connectivity index (χ0n) is 9.93. The molecule has 1 aromatic heterocycles. The molecular weight excluding hydrogens is 250 g/mol. The molecule has 0 saturated carbocycles. The number of fused-ring (bicyclic) bond motifs is 1. The molecule has 3 rings (SSSR count). The summed E-state index contributed by atoms with van der Waals surface area (Å²) >= 11 is 6.38. The SMILES string of the molecule is O=Cc1c(Cl)n(C2CCOCC2)c2ccccc12. The maximum Gasteiger partial charge on any atom is 0.153 e. The molecule has 0 amide bonds. The van der Waals surface area contributed by atoms with Gasteiger partial charge in [-0.3, -0.25) is 4.79 Å². The van der Waals surface area contributed by atoms with Crippen LogP contribution in [0, 0.1) is 0 Å². The third-order valence-corrected chi connectivity index (χ3v) is 3.95. The molecule has 1 aliphatic heterocycles. The summed E-state index contributed by atoms with van der Waals surface area (Å²) in [6.07, 6.45) is 2.73. The molecule has 1 aliphatic rings. The van der Waals surface area contributed by atoms with Crippen molar-refractivity contribution in [2.24, 2.45) is 0 Å². The number of para-hydroxylation sites is 1. The third-order valence-electron chi connectivity index (χ3n) is 3.56. The number of carbonyl (C=O) groups excluding carboxylic acids is 1. The normalized spacial score (nSPS) is 17.2. The van der Waals surface area contributed by atoms with E-state index in [1.165, 1.54) is 0 Å². The highest BCUT2D eigenvalue weighted by molar-refractivity contribution is 6.34. The molecule has 0 N–H and O–H groups in total. The number of halogens is 1. The van der Waals surface area contributed by atoms with E-state index in [0.29, 0.717) is 16.8 Å². The number of ether oxygens (including phenoxy) is 1. The van der Waals surface area contributed by atoms with Crippen LogP contribution in [-0.4, -0.2) is 24.1 Å².